The molecule has 22 heavy (non-hydrogen) atoms. The lowest BCUT2D eigenvalue weighted by Crippen LogP contribution is -2.29. The molecule has 2 aromatic carbocycles. The van der Waals surface area contributed by atoms with Gasteiger partial charge in [0.1, 0.15) is 5.75 Å². The van der Waals surface area contributed by atoms with Crippen LogP contribution >= 0.6 is 11.6 Å². The summed E-state index contributed by atoms with van der Waals surface area (Å²) in [5.41, 5.74) is 3.88. The first-order valence-electron chi connectivity index (χ1n) is 7.08. The zero-order valence-electron chi connectivity index (χ0n) is 12.9. The highest BCUT2D eigenvalue weighted by molar-refractivity contribution is 6.31. The summed E-state index contributed by atoms with van der Waals surface area (Å²) in [6.45, 7) is 5.82. The van der Waals surface area contributed by atoms with E-state index >= 15 is 0 Å². The second-order valence-electron chi connectivity index (χ2n) is 5.56. The van der Waals surface area contributed by atoms with Crippen LogP contribution in [0.2, 0.25) is 5.02 Å². The van der Waals surface area contributed by atoms with E-state index in [-0.39, 0.29) is 6.42 Å². The van der Waals surface area contributed by atoms with Crippen LogP contribution < -0.4 is 4.74 Å². The first kappa shape index (κ1) is 16.4. The number of aryl methyl sites for hydroxylation is 3. The van der Waals surface area contributed by atoms with Gasteiger partial charge in [-0.3, -0.25) is 0 Å². The van der Waals surface area contributed by atoms with Gasteiger partial charge in [0.25, 0.3) is 0 Å². The predicted molar refractivity (Wildman–Crippen MR) is 87.9 cm³/mol. The lowest BCUT2D eigenvalue weighted by molar-refractivity contribution is -0.145. The van der Waals surface area contributed by atoms with Crippen LogP contribution in [0.5, 0.6) is 5.75 Å². The largest absolute Gasteiger partial charge is 0.478 e. The third-order valence-electron chi connectivity index (χ3n) is 3.41. The molecule has 0 aliphatic carbocycles. The van der Waals surface area contributed by atoms with Crippen molar-refractivity contribution in [2.75, 3.05) is 0 Å². The minimum atomic E-state index is -0.990. The van der Waals surface area contributed by atoms with Crippen molar-refractivity contribution >= 4 is 17.6 Å². The maximum absolute atomic E-state index is 11.5. The Balaban J connectivity index is 2.19. The van der Waals surface area contributed by atoms with Crippen molar-refractivity contribution in [1.29, 1.82) is 0 Å². The maximum Gasteiger partial charge on any atom is 0.345 e. The van der Waals surface area contributed by atoms with Gasteiger partial charge in [-0.2, -0.15) is 0 Å². The van der Waals surface area contributed by atoms with E-state index in [1.807, 2.05) is 51.1 Å². The zero-order valence-corrected chi connectivity index (χ0v) is 13.6. The SMILES string of the molecule is Cc1cc(C)cc(OC(Cc2ccc(C)c(Cl)c2)C(=O)O)c1. The fourth-order valence-electron chi connectivity index (χ4n) is 2.32. The normalized spacial score (nSPS) is 12.0. The summed E-state index contributed by atoms with van der Waals surface area (Å²) in [6.07, 6.45) is -0.678. The first-order valence-corrected chi connectivity index (χ1v) is 7.46. The van der Waals surface area contributed by atoms with Gasteiger partial charge in [-0.1, -0.05) is 29.8 Å². The Bertz CT molecular complexity index is 674. The van der Waals surface area contributed by atoms with E-state index in [1.165, 1.54) is 0 Å². The van der Waals surface area contributed by atoms with Crippen molar-refractivity contribution in [3.05, 3.63) is 63.7 Å². The van der Waals surface area contributed by atoms with Gasteiger partial charge in [0.2, 0.25) is 0 Å². The molecule has 0 bridgehead atoms. The Morgan fingerprint density at radius 2 is 1.77 bits per heavy atom. The number of carbonyl (C=O) groups is 1. The molecular formula is C18H19ClO3. The second kappa shape index (κ2) is 6.84. The highest BCUT2D eigenvalue weighted by Crippen LogP contribution is 2.21. The minimum Gasteiger partial charge on any atom is -0.478 e. The first-order chi connectivity index (χ1) is 10.3. The summed E-state index contributed by atoms with van der Waals surface area (Å²) in [7, 11) is 0. The Morgan fingerprint density at radius 3 is 2.32 bits per heavy atom. The molecule has 1 unspecified atom stereocenters. The number of benzene rings is 2. The molecule has 116 valence electrons. The topological polar surface area (TPSA) is 46.5 Å². The van der Waals surface area contributed by atoms with Gasteiger partial charge in [0.15, 0.2) is 6.10 Å². The van der Waals surface area contributed by atoms with E-state index in [9.17, 15) is 9.90 Å². The van der Waals surface area contributed by atoms with Crippen molar-refractivity contribution < 1.29 is 14.6 Å². The summed E-state index contributed by atoms with van der Waals surface area (Å²) < 4.78 is 5.67. The van der Waals surface area contributed by atoms with Crippen LogP contribution in [0.15, 0.2) is 36.4 Å². The smallest absolute Gasteiger partial charge is 0.345 e. The van der Waals surface area contributed by atoms with E-state index in [1.54, 1.807) is 6.07 Å². The fraction of sp³-hybridized carbons (Fsp3) is 0.278. The van der Waals surface area contributed by atoms with Crippen LogP contribution in [-0.4, -0.2) is 17.2 Å². The number of carboxylic acid groups (broad SMARTS) is 1. The summed E-state index contributed by atoms with van der Waals surface area (Å²) in [5.74, 6) is -0.418. The van der Waals surface area contributed by atoms with Gasteiger partial charge in [-0.25, -0.2) is 4.79 Å². The number of hydrogen-bond acceptors (Lipinski definition) is 2. The lowest BCUT2D eigenvalue weighted by Gasteiger charge is -2.16. The van der Waals surface area contributed by atoms with Crippen LogP contribution in [0.3, 0.4) is 0 Å². The summed E-state index contributed by atoms with van der Waals surface area (Å²) in [5, 5.41) is 10.0. The van der Waals surface area contributed by atoms with Crippen molar-refractivity contribution in [3.63, 3.8) is 0 Å². The third kappa shape index (κ3) is 4.25. The van der Waals surface area contributed by atoms with Crippen LogP contribution in [0, 0.1) is 20.8 Å². The second-order valence-corrected chi connectivity index (χ2v) is 5.96. The van der Waals surface area contributed by atoms with Crippen molar-refractivity contribution in [1.82, 2.24) is 0 Å². The average Bonchev–Trinajstić information content (AvgIpc) is 2.41. The van der Waals surface area contributed by atoms with Gasteiger partial charge in [0, 0.05) is 11.4 Å². The third-order valence-corrected chi connectivity index (χ3v) is 3.81. The molecule has 2 aromatic rings. The molecule has 0 fully saturated rings. The highest BCUT2D eigenvalue weighted by atomic mass is 35.5. The van der Waals surface area contributed by atoms with Gasteiger partial charge < -0.3 is 9.84 Å². The van der Waals surface area contributed by atoms with Gasteiger partial charge >= 0.3 is 5.97 Å². The number of halogens is 1. The molecule has 3 nitrogen and oxygen atoms in total. The molecule has 1 N–H and O–H groups in total. The van der Waals surface area contributed by atoms with E-state index in [2.05, 4.69) is 0 Å². The maximum atomic E-state index is 11.5. The van der Waals surface area contributed by atoms with Gasteiger partial charge in [0.05, 0.1) is 0 Å². The summed E-state index contributed by atoms with van der Waals surface area (Å²) in [6, 6.07) is 11.2. The standard InChI is InChI=1S/C18H19ClO3/c1-11-6-12(2)8-15(7-11)22-17(18(20)21)10-14-5-4-13(3)16(19)9-14/h4-9,17H,10H2,1-3H3,(H,20,21). The molecule has 0 saturated carbocycles. The molecule has 0 aliphatic rings. The van der Waals surface area contributed by atoms with E-state index < -0.39 is 12.1 Å². The van der Waals surface area contributed by atoms with E-state index in [0.29, 0.717) is 10.8 Å². The molecule has 0 amide bonds. The summed E-state index contributed by atoms with van der Waals surface area (Å²) >= 11 is 6.09. The van der Waals surface area contributed by atoms with Crippen LogP contribution in [0.4, 0.5) is 0 Å². The Labute approximate surface area is 135 Å². The number of ether oxygens (including phenoxy) is 1. The highest BCUT2D eigenvalue weighted by Gasteiger charge is 2.20. The number of rotatable bonds is 5. The van der Waals surface area contributed by atoms with Crippen LogP contribution in [-0.2, 0) is 11.2 Å². The lowest BCUT2D eigenvalue weighted by atomic mass is 10.1. The van der Waals surface area contributed by atoms with Gasteiger partial charge in [-0.05, 0) is 61.2 Å². The molecule has 0 saturated heterocycles. The monoisotopic (exact) mass is 318 g/mol. The molecular weight excluding hydrogens is 300 g/mol. The van der Waals surface area contributed by atoms with Crippen molar-refractivity contribution in [3.8, 4) is 5.75 Å². The zero-order chi connectivity index (χ0) is 16.3. The van der Waals surface area contributed by atoms with E-state index in [4.69, 9.17) is 16.3 Å². The Morgan fingerprint density at radius 1 is 1.14 bits per heavy atom. The van der Waals surface area contributed by atoms with Crippen molar-refractivity contribution in [2.24, 2.45) is 0 Å². The van der Waals surface area contributed by atoms with E-state index in [0.717, 1.165) is 22.3 Å². The quantitative estimate of drug-likeness (QED) is 0.892. The molecule has 2 rings (SSSR count). The predicted octanol–water partition coefficient (Wildman–Crippen LogP) is 4.34. The number of carboxylic acids is 1. The Kier molecular flexibility index (Phi) is 5.09. The molecule has 0 radical (unpaired) electrons. The molecule has 0 spiro atoms. The van der Waals surface area contributed by atoms with Crippen LogP contribution in [0.1, 0.15) is 22.3 Å². The Hall–Kier alpha value is -2.00. The molecule has 4 heteroatoms. The van der Waals surface area contributed by atoms with Gasteiger partial charge in [-0.15, -0.1) is 0 Å². The molecule has 0 aromatic heterocycles. The average molecular weight is 319 g/mol. The summed E-state index contributed by atoms with van der Waals surface area (Å²) in [4.78, 5) is 11.5. The van der Waals surface area contributed by atoms with Crippen LogP contribution in [0.25, 0.3) is 0 Å². The number of hydrogen-bond donors (Lipinski definition) is 1. The molecule has 1 atom stereocenters. The molecule has 0 aliphatic heterocycles. The minimum absolute atomic E-state index is 0.266. The molecule has 0 heterocycles. The fourth-order valence-corrected chi connectivity index (χ4v) is 2.53. The van der Waals surface area contributed by atoms with Crippen molar-refractivity contribution in [2.45, 2.75) is 33.3 Å². The number of aliphatic carboxylic acids is 1.